The lowest BCUT2D eigenvalue weighted by atomic mass is 10.2. The Hall–Kier alpha value is -3.07. The van der Waals surface area contributed by atoms with Gasteiger partial charge in [0.1, 0.15) is 23.5 Å². The molecule has 1 atom stereocenters. The predicted molar refractivity (Wildman–Crippen MR) is 107 cm³/mol. The van der Waals surface area contributed by atoms with Gasteiger partial charge in [0.2, 0.25) is 0 Å². The normalized spacial score (nSPS) is 16.7. The molecule has 0 spiro atoms. The molecule has 1 N–H and O–H groups in total. The Bertz CT molecular complexity index is 1010. The molecule has 0 amide bonds. The number of hydrogen-bond acceptors (Lipinski definition) is 6. The molecule has 0 radical (unpaired) electrons. The van der Waals surface area contributed by atoms with E-state index < -0.39 is 11.6 Å². The smallest absolute Gasteiger partial charge is 0.162 e. The molecule has 0 aliphatic carbocycles. The van der Waals surface area contributed by atoms with E-state index in [2.05, 4.69) is 25.1 Å². The molecule has 4 rings (SSSR count). The van der Waals surface area contributed by atoms with E-state index in [-0.39, 0.29) is 11.9 Å². The molecule has 1 saturated heterocycles. The van der Waals surface area contributed by atoms with Crippen molar-refractivity contribution in [2.24, 2.45) is 0 Å². The number of nitrogens with zero attached hydrogens (tertiary/aromatic N) is 4. The highest BCUT2D eigenvalue weighted by atomic mass is 19.2. The van der Waals surface area contributed by atoms with Crippen LogP contribution in [0.1, 0.15) is 29.0 Å². The molecular weight excluding hydrogens is 392 g/mol. The lowest BCUT2D eigenvalue weighted by molar-refractivity contribution is 0.0367. The molecule has 0 bridgehead atoms. The number of morpholine rings is 1. The van der Waals surface area contributed by atoms with E-state index in [1.807, 2.05) is 26.0 Å². The van der Waals surface area contributed by atoms with Crippen LogP contribution in [0.15, 0.2) is 30.3 Å². The standard InChI is InChI=1S/C21H23F2N5O2/c1-13-9-21(25-14(2)24-13)28-6-8-30-20(12-28)19-10-15(26-27-19)5-7-29-16-3-4-17(22)18(23)11-16/h3-4,9-11,20H,5-8,12H2,1-2H3,(H,26,27). The third-order valence-corrected chi connectivity index (χ3v) is 4.85. The molecule has 1 unspecified atom stereocenters. The van der Waals surface area contributed by atoms with Crippen molar-refractivity contribution >= 4 is 5.82 Å². The first-order chi connectivity index (χ1) is 14.5. The highest BCUT2D eigenvalue weighted by Crippen LogP contribution is 2.25. The van der Waals surface area contributed by atoms with Crippen molar-refractivity contribution in [2.75, 3.05) is 31.2 Å². The summed E-state index contributed by atoms with van der Waals surface area (Å²) in [6.07, 6.45) is 0.374. The lowest BCUT2D eigenvalue weighted by Crippen LogP contribution is -2.39. The summed E-state index contributed by atoms with van der Waals surface area (Å²) in [4.78, 5) is 11.0. The van der Waals surface area contributed by atoms with Crippen LogP contribution in [0.3, 0.4) is 0 Å². The van der Waals surface area contributed by atoms with Crippen LogP contribution in [0, 0.1) is 25.5 Å². The van der Waals surface area contributed by atoms with Crippen molar-refractivity contribution in [1.82, 2.24) is 20.2 Å². The van der Waals surface area contributed by atoms with Crippen molar-refractivity contribution in [2.45, 2.75) is 26.4 Å². The Labute approximate surface area is 173 Å². The van der Waals surface area contributed by atoms with Crippen LogP contribution in [0.5, 0.6) is 5.75 Å². The number of benzene rings is 1. The number of rotatable bonds is 6. The number of aryl methyl sites for hydroxylation is 2. The van der Waals surface area contributed by atoms with Gasteiger partial charge < -0.3 is 14.4 Å². The molecule has 158 valence electrons. The molecular formula is C21H23F2N5O2. The molecule has 7 nitrogen and oxygen atoms in total. The fourth-order valence-electron chi connectivity index (χ4n) is 3.41. The summed E-state index contributed by atoms with van der Waals surface area (Å²) < 4.78 is 37.6. The first kappa shape index (κ1) is 20.2. The van der Waals surface area contributed by atoms with Crippen LogP contribution in [-0.2, 0) is 11.2 Å². The summed E-state index contributed by atoms with van der Waals surface area (Å²) >= 11 is 0. The summed E-state index contributed by atoms with van der Waals surface area (Å²) in [5.41, 5.74) is 2.62. The second kappa shape index (κ2) is 8.74. The average molecular weight is 415 g/mol. The first-order valence-electron chi connectivity index (χ1n) is 9.79. The SMILES string of the molecule is Cc1cc(N2CCOC(c3cc(CCOc4ccc(F)c(F)c4)[nH]n3)C2)nc(C)n1. The fraction of sp³-hybridized carbons (Fsp3) is 0.381. The summed E-state index contributed by atoms with van der Waals surface area (Å²) in [5.74, 6) is 0.106. The summed E-state index contributed by atoms with van der Waals surface area (Å²) in [6, 6.07) is 7.40. The zero-order valence-electron chi connectivity index (χ0n) is 16.9. The zero-order valence-corrected chi connectivity index (χ0v) is 16.9. The van der Waals surface area contributed by atoms with E-state index in [0.717, 1.165) is 47.4 Å². The number of ether oxygens (including phenoxy) is 2. The maximum absolute atomic E-state index is 13.2. The monoisotopic (exact) mass is 415 g/mol. The Morgan fingerprint density at radius 2 is 2.03 bits per heavy atom. The molecule has 1 aliphatic heterocycles. The minimum absolute atomic E-state index is 0.175. The quantitative estimate of drug-likeness (QED) is 0.666. The van der Waals surface area contributed by atoms with Crippen molar-refractivity contribution in [3.05, 3.63) is 64.9 Å². The number of nitrogens with one attached hydrogen (secondary N) is 1. The Morgan fingerprint density at radius 3 is 2.83 bits per heavy atom. The minimum atomic E-state index is -0.926. The van der Waals surface area contributed by atoms with Gasteiger partial charge in [0, 0.05) is 36.5 Å². The van der Waals surface area contributed by atoms with Gasteiger partial charge in [-0.05, 0) is 32.0 Å². The van der Waals surface area contributed by atoms with Crippen LogP contribution in [0.25, 0.3) is 0 Å². The van der Waals surface area contributed by atoms with Crippen LogP contribution in [0.4, 0.5) is 14.6 Å². The third kappa shape index (κ3) is 4.73. The molecule has 2 aromatic heterocycles. The highest BCUT2D eigenvalue weighted by Gasteiger charge is 2.25. The van der Waals surface area contributed by atoms with Gasteiger partial charge in [-0.2, -0.15) is 5.10 Å². The number of aromatic nitrogens is 4. The number of anilines is 1. The number of hydrogen-bond donors (Lipinski definition) is 1. The topological polar surface area (TPSA) is 76.2 Å². The lowest BCUT2D eigenvalue weighted by Gasteiger charge is -2.33. The molecule has 3 heterocycles. The minimum Gasteiger partial charge on any atom is -0.493 e. The van der Waals surface area contributed by atoms with Gasteiger partial charge in [-0.3, -0.25) is 5.10 Å². The third-order valence-electron chi connectivity index (χ3n) is 4.85. The maximum atomic E-state index is 13.2. The van der Waals surface area contributed by atoms with Gasteiger partial charge in [0.05, 0.1) is 25.5 Å². The van der Waals surface area contributed by atoms with Gasteiger partial charge in [-0.1, -0.05) is 0 Å². The summed E-state index contributed by atoms with van der Waals surface area (Å²) in [5, 5.41) is 7.37. The van der Waals surface area contributed by atoms with E-state index in [1.165, 1.54) is 6.07 Å². The van der Waals surface area contributed by atoms with E-state index in [0.29, 0.717) is 26.2 Å². The molecule has 1 aromatic carbocycles. The van der Waals surface area contributed by atoms with Crippen LogP contribution in [0.2, 0.25) is 0 Å². The second-order valence-corrected chi connectivity index (χ2v) is 7.21. The van der Waals surface area contributed by atoms with Crippen molar-refractivity contribution in [3.8, 4) is 5.75 Å². The van der Waals surface area contributed by atoms with E-state index >= 15 is 0 Å². The van der Waals surface area contributed by atoms with Gasteiger partial charge >= 0.3 is 0 Å². The van der Waals surface area contributed by atoms with Gasteiger partial charge in [-0.15, -0.1) is 0 Å². The average Bonchev–Trinajstić information content (AvgIpc) is 3.19. The van der Waals surface area contributed by atoms with E-state index in [1.54, 1.807) is 0 Å². The molecule has 1 aliphatic rings. The maximum Gasteiger partial charge on any atom is 0.162 e. The molecule has 0 saturated carbocycles. The Morgan fingerprint density at radius 1 is 1.17 bits per heavy atom. The van der Waals surface area contributed by atoms with Crippen molar-refractivity contribution < 1.29 is 18.3 Å². The Balaban J connectivity index is 1.35. The van der Waals surface area contributed by atoms with Crippen LogP contribution in [-0.4, -0.2) is 46.5 Å². The molecule has 3 aromatic rings. The van der Waals surface area contributed by atoms with E-state index in [9.17, 15) is 8.78 Å². The number of aromatic amines is 1. The summed E-state index contributed by atoms with van der Waals surface area (Å²) in [7, 11) is 0. The first-order valence-corrected chi connectivity index (χ1v) is 9.79. The number of H-pyrrole nitrogens is 1. The molecule has 9 heteroatoms. The van der Waals surface area contributed by atoms with Crippen molar-refractivity contribution in [1.29, 1.82) is 0 Å². The molecule has 30 heavy (non-hydrogen) atoms. The Kier molecular flexibility index (Phi) is 5.89. The fourth-order valence-corrected chi connectivity index (χ4v) is 3.41. The van der Waals surface area contributed by atoms with Gasteiger partial charge in [-0.25, -0.2) is 18.7 Å². The second-order valence-electron chi connectivity index (χ2n) is 7.21. The van der Waals surface area contributed by atoms with Crippen LogP contribution >= 0.6 is 0 Å². The molecule has 1 fully saturated rings. The predicted octanol–water partition coefficient (Wildman–Crippen LogP) is 3.29. The number of halogens is 2. The van der Waals surface area contributed by atoms with Crippen molar-refractivity contribution in [3.63, 3.8) is 0 Å². The van der Waals surface area contributed by atoms with Crippen LogP contribution < -0.4 is 9.64 Å². The zero-order chi connectivity index (χ0) is 21.1. The summed E-state index contributed by atoms with van der Waals surface area (Å²) in [6.45, 7) is 6.13. The largest absolute Gasteiger partial charge is 0.493 e. The van der Waals surface area contributed by atoms with Gasteiger partial charge in [0.25, 0.3) is 0 Å². The highest BCUT2D eigenvalue weighted by molar-refractivity contribution is 5.40. The van der Waals surface area contributed by atoms with Gasteiger partial charge in [0.15, 0.2) is 11.6 Å². The van der Waals surface area contributed by atoms with E-state index in [4.69, 9.17) is 9.47 Å².